The topological polar surface area (TPSA) is 89.6 Å². The molecule has 2 atom stereocenters. The lowest BCUT2D eigenvalue weighted by atomic mass is 9.91. The van der Waals surface area contributed by atoms with Gasteiger partial charge in [0.2, 0.25) is 5.91 Å². The molecule has 0 saturated carbocycles. The Hall–Kier alpha value is -3.23. The fourth-order valence-corrected chi connectivity index (χ4v) is 5.70. The van der Waals surface area contributed by atoms with Crippen molar-refractivity contribution in [1.82, 2.24) is 9.47 Å². The molecule has 8 heteroatoms. The van der Waals surface area contributed by atoms with E-state index in [1.54, 1.807) is 19.2 Å². The van der Waals surface area contributed by atoms with E-state index in [9.17, 15) is 14.0 Å². The largest absolute Gasteiger partial charge is 0.385 e. The summed E-state index contributed by atoms with van der Waals surface area (Å²) in [5.74, 6) is -0.301. The third-order valence-electron chi connectivity index (χ3n) is 7.46. The van der Waals surface area contributed by atoms with Crippen LogP contribution in [-0.2, 0) is 27.3 Å². The van der Waals surface area contributed by atoms with Gasteiger partial charge in [0.15, 0.2) is 6.67 Å². The highest BCUT2D eigenvalue weighted by Gasteiger charge is 2.29. The highest BCUT2D eigenvalue weighted by atomic mass is 19.1. The zero-order valence-corrected chi connectivity index (χ0v) is 22.4. The number of aromatic nitrogens is 1. The fraction of sp³-hybridized carbons (Fsp3) is 0.467. The van der Waals surface area contributed by atoms with Crippen LogP contribution in [0.5, 0.6) is 0 Å². The molecular weight excluding hydrogens is 483 g/mol. The van der Waals surface area contributed by atoms with E-state index in [1.807, 2.05) is 17.0 Å². The molecule has 1 aliphatic rings. The second-order valence-corrected chi connectivity index (χ2v) is 10.3. The number of nitrogens with one attached hydrogen (secondary N) is 1. The predicted molar refractivity (Wildman–Crippen MR) is 149 cm³/mol. The molecule has 1 saturated heterocycles. The van der Waals surface area contributed by atoms with E-state index < -0.39 is 12.6 Å². The van der Waals surface area contributed by atoms with Crippen LogP contribution in [0.4, 0.5) is 10.1 Å². The number of benzene rings is 2. The summed E-state index contributed by atoms with van der Waals surface area (Å²) in [7, 11) is 1.73. The van der Waals surface area contributed by atoms with E-state index in [4.69, 9.17) is 10.5 Å². The first kappa shape index (κ1) is 27.8. The molecule has 204 valence electrons. The number of anilines is 1. The van der Waals surface area contributed by atoms with Crippen molar-refractivity contribution in [2.45, 2.75) is 57.5 Å². The molecule has 1 aromatic heterocycles. The van der Waals surface area contributed by atoms with Gasteiger partial charge in [-0.1, -0.05) is 30.3 Å². The summed E-state index contributed by atoms with van der Waals surface area (Å²) in [6, 6.07) is 15.4. The minimum atomic E-state index is -1.05. The summed E-state index contributed by atoms with van der Waals surface area (Å²) in [6.45, 7) is 4.22. The number of nitrogens with two attached hydrogens (primary N) is 1. The maximum atomic E-state index is 13.3. The van der Waals surface area contributed by atoms with Crippen LogP contribution in [0.15, 0.2) is 48.5 Å². The van der Waals surface area contributed by atoms with Gasteiger partial charge in [-0.05, 0) is 61.9 Å². The van der Waals surface area contributed by atoms with Crippen LogP contribution < -0.4 is 11.1 Å². The van der Waals surface area contributed by atoms with Gasteiger partial charge in [-0.25, -0.2) is 4.39 Å². The van der Waals surface area contributed by atoms with Crippen molar-refractivity contribution in [3.63, 3.8) is 0 Å². The van der Waals surface area contributed by atoms with Gasteiger partial charge in [0, 0.05) is 74.0 Å². The van der Waals surface area contributed by atoms with E-state index in [-0.39, 0.29) is 24.3 Å². The molecule has 1 aliphatic heterocycles. The molecule has 1 fully saturated rings. The van der Waals surface area contributed by atoms with E-state index in [0.717, 1.165) is 37.9 Å². The molecule has 2 aromatic carbocycles. The maximum Gasteiger partial charge on any atom is 0.255 e. The first-order valence-electron chi connectivity index (χ1n) is 13.5. The quantitative estimate of drug-likeness (QED) is 0.361. The molecule has 0 radical (unpaired) electrons. The molecule has 0 bridgehead atoms. The maximum absolute atomic E-state index is 13.3. The smallest absolute Gasteiger partial charge is 0.255 e. The summed E-state index contributed by atoms with van der Waals surface area (Å²) in [5, 5.41) is 3.76. The number of para-hydroxylation sites is 1. The molecule has 7 nitrogen and oxygen atoms in total. The third-order valence-corrected chi connectivity index (χ3v) is 7.46. The van der Waals surface area contributed by atoms with Crippen LogP contribution in [0, 0.1) is 6.92 Å². The van der Waals surface area contributed by atoms with Crippen molar-refractivity contribution in [1.29, 1.82) is 0 Å². The summed E-state index contributed by atoms with van der Waals surface area (Å²) in [5.41, 5.74) is 11.8. The lowest BCUT2D eigenvalue weighted by molar-refractivity contribution is -0.132. The molecule has 2 unspecified atom stereocenters. The van der Waals surface area contributed by atoms with Gasteiger partial charge in [-0.15, -0.1) is 0 Å². The Balaban J connectivity index is 1.41. The number of fused-ring (bicyclic) bond motifs is 1. The molecule has 0 aliphatic carbocycles. The second kappa shape index (κ2) is 13.0. The first-order chi connectivity index (χ1) is 18.4. The monoisotopic (exact) mass is 522 g/mol. The van der Waals surface area contributed by atoms with Crippen molar-refractivity contribution in [3.05, 3.63) is 65.4 Å². The number of rotatable bonds is 11. The number of carbonyl (C=O) groups is 2. The number of methoxy groups -OCH3 is 1. The van der Waals surface area contributed by atoms with Crippen LogP contribution in [-0.4, -0.2) is 60.8 Å². The average molecular weight is 523 g/mol. The van der Waals surface area contributed by atoms with E-state index >= 15 is 0 Å². The van der Waals surface area contributed by atoms with Crippen molar-refractivity contribution in [3.8, 4) is 0 Å². The SMILES string of the molecule is COCCCn1c(C2CCCN(C(=O)CC(N)Cc3ccc(NC(=O)CF)cc3)C2)c(C)c2ccccc21. The van der Waals surface area contributed by atoms with Gasteiger partial charge < -0.3 is 25.3 Å². The molecule has 2 heterocycles. The Labute approximate surface area is 224 Å². The first-order valence-corrected chi connectivity index (χ1v) is 13.5. The third kappa shape index (κ3) is 6.60. The predicted octanol–water partition coefficient (Wildman–Crippen LogP) is 4.56. The molecule has 3 N–H and O–H groups in total. The molecule has 38 heavy (non-hydrogen) atoms. The fourth-order valence-electron chi connectivity index (χ4n) is 5.70. The number of hydrogen-bond donors (Lipinski definition) is 2. The highest BCUT2D eigenvalue weighted by Crippen LogP contribution is 2.36. The lowest BCUT2D eigenvalue weighted by Gasteiger charge is -2.34. The van der Waals surface area contributed by atoms with E-state index in [1.165, 1.54) is 22.2 Å². The van der Waals surface area contributed by atoms with Gasteiger partial charge in [0.05, 0.1) is 0 Å². The lowest BCUT2D eigenvalue weighted by Crippen LogP contribution is -2.42. The zero-order chi connectivity index (χ0) is 27.1. The molecular formula is C30H39FN4O3. The Kier molecular flexibility index (Phi) is 9.53. The number of likely N-dealkylation sites (tertiary alicyclic amines) is 1. The van der Waals surface area contributed by atoms with E-state index in [0.29, 0.717) is 25.3 Å². The molecule has 4 rings (SSSR count). The molecule has 3 aromatic rings. The van der Waals surface area contributed by atoms with E-state index in [2.05, 4.69) is 41.1 Å². The van der Waals surface area contributed by atoms with Crippen molar-refractivity contribution >= 4 is 28.4 Å². The van der Waals surface area contributed by atoms with Gasteiger partial charge in [0.1, 0.15) is 0 Å². The number of hydrogen-bond acceptors (Lipinski definition) is 4. The van der Waals surface area contributed by atoms with Crippen molar-refractivity contribution in [2.24, 2.45) is 5.73 Å². The van der Waals surface area contributed by atoms with Crippen LogP contribution in [0.3, 0.4) is 0 Å². The Morgan fingerprint density at radius 3 is 2.68 bits per heavy atom. The van der Waals surface area contributed by atoms with Crippen molar-refractivity contribution < 1.29 is 18.7 Å². The molecule has 2 amide bonds. The van der Waals surface area contributed by atoms with Gasteiger partial charge >= 0.3 is 0 Å². The summed E-state index contributed by atoms with van der Waals surface area (Å²) >= 11 is 0. The minimum absolute atomic E-state index is 0.0914. The Morgan fingerprint density at radius 2 is 1.95 bits per heavy atom. The Morgan fingerprint density at radius 1 is 1.18 bits per heavy atom. The van der Waals surface area contributed by atoms with Gasteiger partial charge in [0.25, 0.3) is 5.91 Å². The van der Waals surface area contributed by atoms with Gasteiger partial charge in [-0.3, -0.25) is 9.59 Å². The number of amides is 2. The van der Waals surface area contributed by atoms with Crippen LogP contribution in [0.25, 0.3) is 10.9 Å². The van der Waals surface area contributed by atoms with Crippen LogP contribution >= 0.6 is 0 Å². The number of alkyl halides is 1. The number of aryl methyl sites for hydroxylation is 2. The van der Waals surface area contributed by atoms with Gasteiger partial charge in [-0.2, -0.15) is 0 Å². The number of halogens is 1. The Bertz CT molecular complexity index is 1240. The van der Waals surface area contributed by atoms with Crippen molar-refractivity contribution in [2.75, 3.05) is 38.8 Å². The second-order valence-electron chi connectivity index (χ2n) is 10.3. The average Bonchev–Trinajstić information content (AvgIpc) is 3.21. The summed E-state index contributed by atoms with van der Waals surface area (Å²) in [4.78, 5) is 26.5. The standard InChI is InChI=1S/C30H39FN4O3/c1-21-26-8-3-4-9-27(26)35(15-6-16-38-2)30(21)23-7-5-14-34(20-23)29(37)18-24(32)17-22-10-12-25(13-11-22)33-28(36)19-31/h3-4,8-13,23-24H,5-7,14-20,32H2,1-2H3,(H,33,36). The number of ether oxygens (including phenoxy) is 1. The summed E-state index contributed by atoms with van der Waals surface area (Å²) in [6.07, 6.45) is 3.80. The summed E-state index contributed by atoms with van der Waals surface area (Å²) < 4.78 is 20.2. The zero-order valence-electron chi connectivity index (χ0n) is 22.4. The number of nitrogens with zero attached hydrogens (tertiary/aromatic N) is 2. The molecule has 0 spiro atoms. The number of piperidine rings is 1. The minimum Gasteiger partial charge on any atom is -0.385 e. The van der Waals surface area contributed by atoms with Crippen LogP contribution in [0.2, 0.25) is 0 Å². The van der Waals surface area contributed by atoms with Crippen LogP contribution in [0.1, 0.15) is 48.4 Å². The number of carbonyl (C=O) groups excluding carboxylic acids is 2. The normalized spacial score (nSPS) is 16.5. The highest BCUT2D eigenvalue weighted by molar-refractivity contribution is 5.91.